The molecule has 0 unspecified atom stereocenters. The van der Waals surface area contributed by atoms with Crippen molar-refractivity contribution in [3.8, 4) is 0 Å². The molecule has 0 atom stereocenters. The Kier molecular flexibility index (Phi) is 15.0. The first-order valence-electron chi connectivity index (χ1n) is 10.9. The third-order valence-electron chi connectivity index (χ3n) is 5.90. The third-order valence-corrected chi connectivity index (χ3v) is 17.3. The highest BCUT2D eigenvalue weighted by molar-refractivity contribution is 6.85. The lowest BCUT2D eigenvalue weighted by Crippen LogP contribution is -2.59. The predicted molar refractivity (Wildman–Crippen MR) is 115 cm³/mol. The lowest BCUT2D eigenvalue weighted by molar-refractivity contribution is 0.552. The van der Waals surface area contributed by atoms with Crippen LogP contribution in [0.3, 0.4) is 0 Å². The van der Waals surface area contributed by atoms with Gasteiger partial charge in [-0.25, -0.2) is 0 Å². The van der Waals surface area contributed by atoms with Crippen LogP contribution in [0.4, 0.5) is 0 Å². The topological polar surface area (TPSA) is 3.24 Å². The maximum atomic E-state index is 3.28. The molecule has 0 aromatic heterocycles. The van der Waals surface area contributed by atoms with Gasteiger partial charge in [0.2, 0.25) is 0 Å². The van der Waals surface area contributed by atoms with Crippen LogP contribution in [0.15, 0.2) is 0 Å². The summed E-state index contributed by atoms with van der Waals surface area (Å²) < 4.78 is 3.28. The summed E-state index contributed by atoms with van der Waals surface area (Å²) in [4.78, 5) is 0. The molecule has 0 heterocycles. The number of unbranched alkanes of at least 4 members (excludes halogenated alkanes) is 4. The highest BCUT2D eigenvalue weighted by Gasteiger charge is 2.38. The minimum atomic E-state index is -1.20. The van der Waals surface area contributed by atoms with E-state index in [0.29, 0.717) is 0 Å². The molecule has 140 valence electrons. The van der Waals surface area contributed by atoms with E-state index >= 15 is 0 Å². The van der Waals surface area contributed by atoms with Crippen molar-refractivity contribution in [2.24, 2.45) is 0 Å². The molecule has 0 N–H and O–H groups in total. The van der Waals surface area contributed by atoms with Crippen LogP contribution >= 0.6 is 0 Å². The van der Waals surface area contributed by atoms with Crippen molar-refractivity contribution in [3.05, 3.63) is 0 Å². The molecule has 3 heteroatoms. The molecule has 23 heavy (non-hydrogen) atoms. The van der Waals surface area contributed by atoms with Crippen LogP contribution in [-0.4, -0.2) is 28.0 Å². The summed E-state index contributed by atoms with van der Waals surface area (Å²) in [5, 5.41) is 0. The summed E-state index contributed by atoms with van der Waals surface area (Å²) in [5.74, 6) is 0. The smallest absolute Gasteiger partial charge is 0.121 e. The summed E-state index contributed by atoms with van der Waals surface area (Å²) >= 11 is 0. The zero-order valence-corrected chi connectivity index (χ0v) is 19.6. The first kappa shape index (κ1) is 23.4. The number of hydrogen-bond donors (Lipinski definition) is 0. The molecule has 0 saturated heterocycles. The Morgan fingerprint density at radius 3 is 1.52 bits per heavy atom. The maximum Gasteiger partial charge on any atom is 0.121 e. The average molecular weight is 358 g/mol. The molecule has 0 aromatic carbocycles. The second-order valence-electron chi connectivity index (χ2n) is 7.52. The monoisotopic (exact) mass is 357 g/mol. The van der Waals surface area contributed by atoms with E-state index in [1.807, 2.05) is 0 Å². The molecule has 0 bridgehead atoms. The van der Waals surface area contributed by atoms with Crippen LogP contribution in [0, 0.1) is 0 Å². The fourth-order valence-corrected chi connectivity index (χ4v) is 16.7. The highest BCUT2D eigenvalue weighted by Crippen LogP contribution is 2.31. The van der Waals surface area contributed by atoms with E-state index in [1.54, 1.807) is 18.1 Å². The van der Waals surface area contributed by atoms with Crippen molar-refractivity contribution in [2.75, 3.05) is 6.54 Å². The van der Waals surface area contributed by atoms with E-state index in [1.165, 1.54) is 70.0 Å². The second-order valence-corrected chi connectivity index (χ2v) is 16.1. The van der Waals surface area contributed by atoms with E-state index in [-0.39, 0.29) is 0 Å². The SMILES string of the molecule is CCCCN([SiH](CCCC)CCCC)[Si](CC)(CC)CCCC. The Labute approximate surface area is 151 Å². The van der Waals surface area contributed by atoms with Gasteiger partial charge in [0.1, 0.15) is 17.2 Å². The number of rotatable bonds is 16. The normalized spacial score (nSPS) is 12.5. The standard InChI is InChI=1S/C20H47NSi2/c1-7-13-17-21(22(18-14-8-2)19-15-9-3)23(11-5,12-6)20-16-10-4/h22H,7-20H2,1-6H3. The molecule has 0 aliphatic heterocycles. The second kappa shape index (κ2) is 14.7. The molecular formula is C20H47NSi2. The average Bonchev–Trinajstić information content (AvgIpc) is 2.59. The summed E-state index contributed by atoms with van der Waals surface area (Å²) in [6.45, 7) is 16.0. The van der Waals surface area contributed by atoms with E-state index in [0.717, 1.165) is 0 Å². The maximum absolute atomic E-state index is 3.28. The van der Waals surface area contributed by atoms with E-state index in [4.69, 9.17) is 0 Å². The molecule has 0 rings (SSSR count). The van der Waals surface area contributed by atoms with Crippen LogP contribution in [0.1, 0.15) is 92.9 Å². The van der Waals surface area contributed by atoms with Crippen molar-refractivity contribution < 1.29 is 0 Å². The summed E-state index contributed by atoms with van der Waals surface area (Å²) in [5.41, 5.74) is 0. The Morgan fingerprint density at radius 2 is 1.13 bits per heavy atom. The quantitative estimate of drug-likeness (QED) is 0.264. The van der Waals surface area contributed by atoms with Crippen LogP contribution in [0.5, 0.6) is 0 Å². The van der Waals surface area contributed by atoms with Gasteiger partial charge < -0.3 is 4.23 Å². The van der Waals surface area contributed by atoms with Gasteiger partial charge in [0.05, 0.1) is 0 Å². The molecule has 0 spiro atoms. The zero-order valence-electron chi connectivity index (χ0n) is 17.4. The Balaban J connectivity index is 5.31. The van der Waals surface area contributed by atoms with Crippen molar-refractivity contribution in [1.82, 2.24) is 4.23 Å². The summed E-state index contributed by atoms with van der Waals surface area (Å²) in [6, 6.07) is 7.73. The van der Waals surface area contributed by atoms with Crippen LogP contribution in [0.2, 0.25) is 30.2 Å². The van der Waals surface area contributed by atoms with Crippen molar-refractivity contribution >= 4 is 17.2 Å². The molecular weight excluding hydrogens is 310 g/mol. The van der Waals surface area contributed by atoms with Gasteiger partial charge in [-0.05, 0) is 43.2 Å². The van der Waals surface area contributed by atoms with Crippen molar-refractivity contribution in [1.29, 1.82) is 0 Å². The minimum absolute atomic E-state index is 0.723. The van der Waals surface area contributed by atoms with Crippen LogP contribution in [-0.2, 0) is 0 Å². The number of nitrogens with zero attached hydrogens (tertiary/aromatic N) is 1. The first-order valence-corrected chi connectivity index (χ1v) is 15.6. The van der Waals surface area contributed by atoms with Gasteiger partial charge in [0.25, 0.3) is 0 Å². The fraction of sp³-hybridized carbons (Fsp3) is 1.00. The summed E-state index contributed by atoms with van der Waals surface area (Å²) in [7, 11) is -1.92. The fourth-order valence-electron chi connectivity index (χ4n) is 4.13. The number of hydrogen-bond acceptors (Lipinski definition) is 1. The van der Waals surface area contributed by atoms with Gasteiger partial charge in [-0.3, -0.25) is 0 Å². The molecule has 1 nitrogen and oxygen atoms in total. The largest absolute Gasteiger partial charge is 0.347 e. The van der Waals surface area contributed by atoms with Gasteiger partial charge in [-0.2, -0.15) is 0 Å². The van der Waals surface area contributed by atoms with Gasteiger partial charge in [-0.1, -0.05) is 86.5 Å². The lowest BCUT2D eigenvalue weighted by Gasteiger charge is -2.47. The Hall–Kier alpha value is 0.394. The van der Waals surface area contributed by atoms with E-state index in [9.17, 15) is 0 Å². The Bertz CT molecular complexity index is 246. The Morgan fingerprint density at radius 1 is 0.652 bits per heavy atom. The van der Waals surface area contributed by atoms with Crippen molar-refractivity contribution in [3.63, 3.8) is 0 Å². The first-order chi connectivity index (χ1) is 11.2. The molecule has 0 fully saturated rings. The predicted octanol–water partition coefficient (Wildman–Crippen LogP) is 7.20. The molecule has 0 aliphatic carbocycles. The third kappa shape index (κ3) is 8.35. The van der Waals surface area contributed by atoms with Gasteiger partial charge >= 0.3 is 0 Å². The molecule has 0 saturated carbocycles. The molecule has 0 radical (unpaired) electrons. The van der Waals surface area contributed by atoms with E-state index in [2.05, 4.69) is 45.8 Å². The molecule has 0 aromatic rings. The molecule has 0 aliphatic rings. The lowest BCUT2D eigenvalue weighted by atomic mass is 10.3. The minimum Gasteiger partial charge on any atom is -0.347 e. The highest BCUT2D eigenvalue weighted by atomic mass is 28.4. The van der Waals surface area contributed by atoms with Crippen LogP contribution in [0.25, 0.3) is 0 Å². The van der Waals surface area contributed by atoms with Gasteiger partial charge in [-0.15, -0.1) is 0 Å². The molecule has 0 amide bonds. The van der Waals surface area contributed by atoms with Gasteiger partial charge in [0, 0.05) is 0 Å². The summed E-state index contributed by atoms with van der Waals surface area (Å²) in [6.07, 6.45) is 11.4. The van der Waals surface area contributed by atoms with Crippen LogP contribution < -0.4 is 0 Å². The van der Waals surface area contributed by atoms with Crippen molar-refractivity contribution in [2.45, 2.75) is 123 Å². The van der Waals surface area contributed by atoms with Gasteiger partial charge in [0.15, 0.2) is 0 Å². The van der Waals surface area contributed by atoms with E-state index < -0.39 is 17.2 Å². The zero-order chi connectivity index (χ0) is 17.6.